The van der Waals surface area contributed by atoms with Gasteiger partial charge >= 0.3 is 0 Å². The van der Waals surface area contributed by atoms with E-state index >= 15 is 0 Å². The molecular weight excluding hydrogens is 196 g/mol. The molecule has 0 saturated carbocycles. The summed E-state index contributed by atoms with van der Waals surface area (Å²) in [7, 11) is 0. The minimum absolute atomic E-state index is 0.448. The van der Waals surface area contributed by atoms with Crippen molar-refractivity contribution in [2.24, 2.45) is 5.73 Å². The number of imidazole rings is 1. The van der Waals surface area contributed by atoms with Crippen molar-refractivity contribution in [3.05, 3.63) is 36.4 Å². The molecule has 2 rings (SSSR count). The van der Waals surface area contributed by atoms with E-state index in [0.717, 1.165) is 15.7 Å². The van der Waals surface area contributed by atoms with Crippen molar-refractivity contribution in [2.75, 3.05) is 0 Å². The van der Waals surface area contributed by atoms with Crippen LogP contribution in [-0.2, 0) is 6.54 Å². The molecule has 0 aliphatic heterocycles. The fourth-order valence-corrected chi connectivity index (χ4v) is 1.93. The Morgan fingerprint density at radius 2 is 2.29 bits per heavy atom. The van der Waals surface area contributed by atoms with Crippen LogP contribution >= 0.6 is 11.8 Å². The Labute approximate surface area is 86.0 Å². The maximum Gasteiger partial charge on any atom is 0.170 e. The fraction of sp³-hybridized carbons (Fsp3) is 0.111. The predicted molar refractivity (Wildman–Crippen MR) is 54.8 cm³/mol. The highest BCUT2D eigenvalue weighted by Crippen LogP contribution is 2.25. The molecule has 0 atom stereocenters. The summed E-state index contributed by atoms with van der Waals surface area (Å²) in [6.07, 6.45) is 5.26. The van der Waals surface area contributed by atoms with Crippen molar-refractivity contribution >= 4 is 11.8 Å². The van der Waals surface area contributed by atoms with Crippen LogP contribution in [0.2, 0.25) is 0 Å². The second-order valence-corrected chi connectivity index (χ2v) is 3.68. The lowest BCUT2D eigenvalue weighted by molar-refractivity contribution is 0.939. The first-order chi connectivity index (χ1) is 6.90. The zero-order chi connectivity index (χ0) is 9.80. The number of pyridine rings is 1. The monoisotopic (exact) mass is 206 g/mol. The molecular formula is C9H10N4S. The first-order valence-electron chi connectivity index (χ1n) is 4.21. The maximum atomic E-state index is 5.57. The first-order valence-corrected chi connectivity index (χ1v) is 5.03. The lowest BCUT2D eigenvalue weighted by atomic mass is 10.3. The molecule has 0 bridgehead atoms. The van der Waals surface area contributed by atoms with Crippen molar-refractivity contribution in [3.8, 4) is 0 Å². The van der Waals surface area contributed by atoms with Gasteiger partial charge in [0.1, 0.15) is 0 Å². The molecule has 0 aliphatic carbocycles. The second kappa shape index (κ2) is 4.26. The standard InChI is InChI=1S/C9H10N4S/c10-6-7-8(2-1-3-11-7)14-9-12-4-5-13-9/h1-5H,6,10H2,(H,12,13). The van der Waals surface area contributed by atoms with Crippen molar-refractivity contribution in [2.45, 2.75) is 16.6 Å². The van der Waals surface area contributed by atoms with E-state index in [1.165, 1.54) is 11.8 Å². The van der Waals surface area contributed by atoms with Gasteiger partial charge in [-0.3, -0.25) is 4.98 Å². The molecule has 0 aromatic carbocycles. The number of H-pyrrole nitrogens is 1. The summed E-state index contributed by atoms with van der Waals surface area (Å²) >= 11 is 1.54. The van der Waals surface area contributed by atoms with Crippen LogP contribution in [0.5, 0.6) is 0 Å². The van der Waals surface area contributed by atoms with Crippen LogP contribution < -0.4 is 5.73 Å². The van der Waals surface area contributed by atoms with Gasteiger partial charge in [-0.15, -0.1) is 0 Å². The number of nitrogens with one attached hydrogen (secondary N) is 1. The van der Waals surface area contributed by atoms with Crippen LogP contribution in [0.1, 0.15) is 5.69 Å². The molecule has 0 amide bonds. The molecule has 2 aromatic rings. The van der Waals surface area contributed by atoms with Gasteiger partial charge in [0.05, 0.1) is 5.69 Å². The zero-order valence-electron chi connectivity index (χ0n) is 7.47. The van der Waals surface area contributed by atoms with Gasteiger partial charge in [-0.05, 0) is 23.9 Å². The van der Waals surface area contributed by atoms with E-state index in [-0.39, 0.29) is 0 Å². The highest BCUT2D eigenvalue weighted by atomic mass is 32.2. The van der Waals surface area contributed by atoms with Gasteiger partial charge in [-0.2, -0.15) is 0 Å². The number of hydrogen-bond donors (Lipinski definition) is 2. The zero-order valence-corrected chi connectivity index (χ0v) is 8.29. The maximum absolute atomic E-state index is 5.57. The van der Waals surface area contributed by atoms with E-state index in [0.29, 0.717) is 6.54 Å². The quantitative estimate of drug-likeness (QED) is 0.796. The van der Waals surface area contributed by atoms with Gasteiger partial charge in [0, 0.05) is 30.0 Å². The van der Waals surface area contributed by atoms with Crippen LogP contribution in [0, 0.1) is 0 Å². The van der Waals surface area contributed by atoms with Crippen molar-refractivity contribution in [1.29, 1.82) is 0 Å². The average molecular weight is 206 g/mol. The second-order valence-electron chi connectivity index (χ2n) is 2.65. The fourth-order valence-electron chi connectivity index (χ4n) is 1.08. The van der Waals surface area contributed by atoms with Crippen molar-refractivity contribution in [1.82, 2.24) is 15.0 Å². The van der Waals surface area contributed by atoms with Gasteiger partial charge in [-0.25, -0.2) is 4.98 Å². The minimum Gasteiger partial charge on any atom is -0.339 e. The molecule has 5 heteroatoms. The molecule has 0 saturated heterocycles. The van der Waals surface area contributed by atoms with Gasteiger partial charge in [-0.1, -0.05) is 0 Å². The van der Waals surface area contributed by atoms with Crippen LogP contribution in [0.3, 0.4) is 0 Å². The van der Waals surface area contributed by atoms with Crippen molar-refractivity contribution in [3.63, 3.8) is 0 Å². The molecule has 72 valence electrons. The third-order valence-corrected chi connectivity index (χ3v) is 2.73. The summed E-state index contributed by atoms with van der Waals surface area (Å²) < 4.78 is 0. The lowest BCUT2D eigenvalue weighted by Crippen LogP contribution is -2.00. The van der Waals surface area contributed by atoms with Gasteiger partial charge in [0.2, 0.25) is 0 Å². The molecule has 2 heterocycles. The molecule has 3 N–H and O–H groups in total. The molecule has 0 unspecified atom stereocenters. The third kappa shape index (κ3) is 1.94. The summed E-state index contributed by atoms with van der Waals surface area (Å²) in [5.41, 5.74) is 6.47. The van der Waals surface area contributed by atoms with E-state index in [1.807, 2.05) is 12.1 Å². The topological polar surface area (TPSA) is 67.6 Å². The number of nitrogens with zero attached hydrogens (tertiary/aromatic N) is 2. The Balaban J connectivity index is 2.24. The number of aromatic nitrogens is 3. The molecule has 0 radical (unpaired) electrons. The Morgan fingerprint density at radius 1 is 1.36 bits per heavy atom. The summed E-state index contributed by atoms with van der Waals surface area (Å²) in [6.45, 7) is 0.448. The predicted octanol–water partition coefficient (Wildman–Crippen LogP) is 1.41. The Kier molecular flexibility index (Phi) is 2.81. The number of aromatic amines is 1. The summed E-state index contributed by atoms with van der Waals surface area (Å²) in [5.74, 6) is 0. The Bertz CT molecular complexity index is 399. The summed E-state index contributed by atoms with van der Waals surface area (Å²) in [4.78, 5) is 12.4. The van der Waals surface area contributed by atoms with E-state index < -0.39 is 0 Å². The highest BCUT2D eigenvalue weighted by molar-refractivity contribution is 7.99. The van der Waals surface area contributed by atoms with E-state index in [2.05, 4.69) is 15.0 Å². The lowest BCUT2D eigenvalue weighted by Gasteiger charge is -2.02. The van der Waals surface area contributed by atoms with E-state index in [9.17, 15) is 0 Å². The number of nitrogens with two attached hydrogens (primary N) is 1. The molecule has 0 fully saturated rings. The first kappa shape index (κ1) is 9.23. The smallest absolute Gasteiger partial charge is 0.170 e. The van der Waals surface area contributed by atoms with Crippen LogP contribution in [-0.4, -0.2) is 15.0 Å². The summed E-state index contributed by atoms with van der Waals surface area (Å²) in [6, 6.07) is 3.88. The van der Waals surface area contributed by atoms with Crippen LogP contribution in [0.15, 0.2) is 40.8 Å². The molecule has 0 spiro atoms. The van der Waals surface area contributed by atoms with Gasteiger partial charge in [0.25, 0.3) is 0 Å². The largest absolute Gasteiger partial charge is 0.339 e. The molecule has 0 aliphatic rings. The molecule has 4 nitrogen and oxygen atoms in total. The molecule has 2 aromatic heterocycles. The number of rotatable bonds is 3. The van der Waals surface area contributed by atoms with Crippen molar-refractivity contribution < 1.29 is 0 Å². The Hall–Kier alpha value is -1.33. The van der Waals surface area contributed by atoms with E-state index in [1.54, 1.807) is 18.6 Å². The Morgan fingerprint density at radius 3 is 3.00 bits per heavy atom. The summed E-state index contributed by atoms with van der Waals surface area (Å²) in [5, 5.41) is 0.854. The number of hydrogen-bond acceptors (Lipinski definition) is 4. The normalized spacial score (nSPS) is 10.4. The minimum atomic E-state index is 0.448. The SMILES string of the molecule is NCc1ncccc1Sc1ncc[nH]1. The van der Waals surface area contributed by atoms with E-state index in [4.69, 9.17) is 5.73 Å². The third-order valence-electron chi connectivity index (χ3n) is 1.72. The average Bonchev–Trinajstić information content (AvgIpc) is 2.71. The van der Waals surface area contributed by atoms with Gasteiger partial charge < -0.3 is 10.7 Å². The van der Waals surface area contributed by atoms with Crippen LogP contribution in [0.25, 0.3) is 0 Å². The van der Waals surface area contributed by atoms with Crippen LogP contribution in [0.4, 0.5) is 0 Å². The highest BCUT2D eigenvalue weighted by Gasteiger charge is 2.04. The molecule has 14 heavy (non-hydrogen) atoms. The van der Waals surface area contributed by atoms with Gasteiger partial charge in [0.15, 0.2) is 5.16 Å².